The van der Waals surface area contributed by atoms with Crippen molar-refractivity contribution in [2.45, 2.75) is 5.88 Å². The summed E-state index contributed by atoms with van der Waals surface area (Å²) in [4.78, 5) is 3.45. The summed E-state index contributed by atoms with van der Waals surface area (Å²) in [5.74, 6) is 0.292. The number of alkyl halides is 1. The fourth-order valence-electron chi connectivity index (χ4n) is 0.344. The Morgan fingerprint density at radius 2 is 2.62 bits per heavy atom. The van der Waals surface area contributed by atoms with E-state index >= 15 is 0 Å². The molecule has 0 bridgehead atoms. The summed E-state index contributed by atoms with van der Waals surface area (Å²) in [5, 5.41) is 1.18. The van der Waals surface area contributed by atoms with Crippen LogP contribution in [0.1, 0.15) is 5.69 Å². The normalized spacial score (nSPS) is 9.75. The molecular weight excluding hydrogens is 149 g/mol. The van der Waals surface area contributed by atoms with E-state index in [9.17, 15) is 4.39 Å². The zero-order valence-electron chi connectivity index (χ0n) is 3.90. The van der Waals surface area contributed by atoms with Crippen LogP contribution in [0.2, 0.25) is 0 Å². The Labute approximate surface area is 55.1 Å². The first-order valence-corrected chi connectivity index (χ1v) is 3.40. The van der Waals surface area contributed by atoms with Crippen LogP contribution >= 0.6 is 22.9 Å². The lowest BCUT2D eigenvalue weighted by Crippen LogP contribution is -1.74. The summed E-state index contributed by atoms with van der Waals surface area (Å²) >= 11 is 6.28. The average molecular weight is 152 g/mol. The van der Waals surface area contributed by atoms with Crippen LogP contribution in [0.15, 0.2) is 5.38 Å². The predicted octanol–water partition coefficient (Wildman–Crippen LogP) is 2.02. The minimum Gasteiger partial charge on any atom is -0.213 e. The molecule has 1 aromatic rings. The summed E-state index contributed by atoms with van der Waals surface area (Å²) < 4.78 is 12.0. The summed E-state index contributed by atoms with van der Waals surface area (Å²) in [6, 6.07) is 0. The highest BCUT2D eigenvalue weighted by Crippen LogP contribution is 2.08. The van der Waals surface area contributed by atoms with Crippen molar-refractivity contribution in [3.05, 3.63) is 16.3 Å². The highest BCUT2D eigenvalue weighted by Gasteiger charge is 1.95. The van der Waals surface area contributed by atoms with Gasteiger partial charge in [0.2, 0.25) is 0 Å². The predicted molar refractivity (Wildman–Crippen MR) is 31.6 cm³/mol. The van der Waals surface area contributed by atoms with E-state index in [0.29, 0.717) is 11.6 Å². The Morgan fingerprint density at radius 3 is 2.88 bits per heavy atom. The molecule has 0 aliphatic carbocycles. The molecule has 44 valence electrons. The minimum atomic E-state index is -0.416. The topological polar surface area (TPSA) is 12.9 Å². The third-order valence-electron chi connectivity index (χ3n) is 0.661. The standard InChI is InChI=1S/C4H3ClFNS/c5-1-3-2-8-4(6)7-3/h2H,1H2. The Kier molecular flexibility index (Phi) is 1.81. The molecule has 0 saturated heterocycles. The van der Waals surface area contributed by atoms with E-state index in [1.165, 1.54) is 0 Å². The molecule has 8 heavy (non-hydrogen) atoms. The van der Waals surface area contributed by atoms with Crippen molar-refractivity contribution in [1.29, 1.82) is 0 Å². The minimum absolute atomic E-state index is 0.292. The number of aromatic nitrogens is 1. The zero-order chi connectivity index (χ0) is 5.98. The summed E-state index contributed by atoms with van der Waals surface area (Å²) in [7, 11) is 0. The summed E-state index contributed by atoms with van der Waals surface area (Å²) in [6.07, 6.45) is 0. The van der Waals surface area contributed by atoms with Crippen LogP contribution in [0.3, 0.4) is 0 Å². The maximum Gasteiger partial charge on any atom is 0.269 e. The number of halogens is 2. The first kappa shape index (κ1) is 5.98. The van der Waals surface area contributed by atoms with E-state index in [1.54, 1.807) is 5.38 Å². The number of rotatable bonds is 1. The smallest absolute Gasteiger partial charge is 0.213 e. The van der Waals surface area contributed by atoms with Gasteiger partial charge in [-0.05, 0) is 0 Å². The second-order valence-electron chi connectivity index (χ2n) is 1.23. The molecule has 1 aromatic heterocycles. The fraction of sp³-hybridized carbons (Fsp3) is 0.250. The van der Waals surface area contributed by atoms with Gasteiger partial charge in [-0.25, -0.2) is 4.98 Å². The van der Waals surface area contributed by atoms with Crippen LogP contribution in [-0.4, -0.2) is 4.98 Å². The molecule has 0 radical (unpaired) electrons. The molecular formula is C4H3ClFNS. The van der Waals surface area contributed by atoms with Gasteiger partial charge in [0.25, 0.3) is 5.26 Å². The van der Waals surface area contributed by atoms with Gasteiger partial charge in [0.15, 0.2) is 0 Å². The molecule has 0 amide bonds. The number of nitrogens with zero attached hydrogens (tertiary/aromatic N) is 1. The van der Waals surface area contributed by atoms with Gasteiger partial charge in [-0.3, -0.25) is 0 Å². The molecule has 1 heterocycles. The Morgan fingerprint density at radius 1 is 1.88 bits per heavy atom. The Hall–Kier alpha value is -0.150. The Bertz CT molecular complexity index is 176. The van der Waals surface area contributed by atoms with Gasteiger partial charge >= 0.3 is 0 Å². The van der Waals surface area contributed by atoms with E-state index in [-0.39, 0.29) is 0 Å². The van der Waals surface area contributed by atoms with Crippen LogP contribution in [0.4, 0.5) is 4.39 Å². The highest BCUT2D eigenvalue weighted by molar-refractivity contribution is 7.08. The molecule has 1 rings (SSSR count). The third kappa shape index (κ3) is 1.17. The Balaban J connectivity index is 2.84. The molecule has 0 N–H and O–H groups in total. The van der Waals surface area contributed by atoms with Gasteiger partial charge in [0, 0.05) is 5.38 Å². The second kappa shape index (κ2) is 2.42. The van der Waals surface area contributed by atoms with Crippen molar-refractivity contribution >= 4 is 22.9 Å². The second-order valence-corrected chi connectivity index (χ2v) is 2.30. The van der Waals surface area contributed by atoms with Crippen molar-refractivity contribution in [1.82, 2.24) is 4.98 Å². The molecule has 0 fully saturated rings. The maximum atomic E-state index is 12.0. The molecule has 0 atom stereocenters. The van der Waals surface area contributed by atoms with Crippen molar-refractivity contribution in [2.24, 2.45) is 0 Å². The molecule has 0 spiro atoms. The molecule has 0 saturated carbocycles. The van der Waals surface area contributed by atoms with E-state index in [0.717, 1.165) is 11.3 Å². The molecule has 0 aliphatic rings. The van der Waals surface area contributed by atoms with Crippen LogP contribution in [0.5, 0.6) is 0 Å². The fourth-order valence-corrected chi connectivity index (χ4v) is 1.11. The van der Waals surface area contributed by atoms with Gasteiger partial charge in [-0.15, -0.1) is 11.6 Å². The monoisotopic (exact) mass is 151 g/mol. The lowest BCUT2D eigenvalue weighted by Gasteiger charge is -1.76. The van der Waals surface area contributed by atoms with E-state index in [4.69, 9.17) is 11.6 Å². The number of hydrogen-bond donors (Lipinski definition) is 0. The number of thiazole rings is 1. The quantitative estimate of drug-likeness (QED) is 0.560. The van der Waals surface area contributed by atoms with Crippen LogP contribution in [0.25, 0.3) is 0 Å². The average Bonchev–Trinajstić information content (AvgIpc) is 2.14. The largest absolute Gasteiger partial charge is 0.269 e. The van der Waals surface area contributed by atoms with E-state index < -0.39 is 5.26 Å². The van der Waals surface area contributed by atoms with Crippen molar-refractivity contribution < 1.29 is 4.39 Å². The first-order chi connectivity index (χ1) is 3.83. The number of hydrogen-bond acceptors (Lipinski definition) is 2. The van der Waals surface area contributed by atoms with Crippen molar-refractivity contribution in [3.63, 3.8) is 0 Å². The van der Waals surface area contributed by atoms with E-state index in [1.807, 2.05) is 0 Å². The van der Waals surface area contributed by atoms with Gasteiger partial charge in [0.1, 0.15) is 0 Å². The summed E-state index contributed by atoms with van der Waals surface area (Å²) in [6.45, 7) is 0. The molecule has 0 aromatic carbocycles. The first-order valence-electron chi connectivity index (χ1n) is 1.99. The summed E-state index contributed by atoms with van der Waals surface area (Å²) in [5.41, 5.74) is 0.606. The van der Waals surface area contributed by atoms with Crippen molar-refractivity contribution in [3.8, 4) is 0 Å². The maximum absolute atomic E-state index is 12.0. The third-order valence-corrected chi connectivity index (χ3v) is 1.61. The highest BCUT2D eigenvalue weighted by atomic mass is 35.5. The van der Waals surface area contributed by atoms with E-state index in [2.05, 4.69) is 4.98 Å². The van der Waals surface area contributed by atoms with Gasteiger partial charge < -0.3 is 0 Å². The van der Waals surface area contributed by atoms with Crippen molar-refractivity contribution in [2.75, 3.05) is 0 Å². The van der Waals surface area contributed by atoms with Gasteiger partial charge in [0.05, 0.1) is 11.6 Å². The van der Waals surface area contributed by atoms with Crippen LogP contribution in [0, 0.1) is 5.26 Å². The SMILES string of the molecule is Fc1nc(CCl)cs1. The zero-order valence-corrected chi connectivity index (χ0v) is 5.47. The van der Waals surface area contributed by atoms with Crippen LogP contribution in [-0.2, 0) is 5.88 Å². The lowest BCUT2D eigenvalue weighted by atomic mass is 10.6. The van der Waals surface area contributed by atoms with Crippen LogP contribution < -0.4 is 0 Å². The molecule has 0 unspecified atom stereocenters. The van der Waals surface area contributed by atoms with Gasteiger partial charge in [-0.1, -0.05) is 11.3 Å². The molecule has 0 aliphatic heterocycles. The lowest BCUT2D eigenvalue weighted by molar-refractivity contribution is 0.613. The molecule has 1 nitrogen and oxygen atoms in total. The van der Waals surface area contributed by atoms with Gasteiger partial charge in [-0.2, -0.15) is 4.39 Å². The molecule has 4 heteroatoms.